The molecule has 0 fully saturated rings. The molecule has 0 radical (unpaired) electrons. The summed E-state index contributed by atoms with van der Waals surface area (Å²) in [5.41, 5.74) is 1.37. The second-order valence-corrected chi connectivity index (χ2v) is 5.72. The molecule has 0 unspecified atom stereocenters. The van der Waals surface area contributed by atoms with E-state index in [1.54, 1.807) is 6.20 Å². The molecule has 1 heterocycles. The summed E-state index contributed by atoms with van der Waals surface area (Å²) in [6.07, 6.45) is 1.76. The van der Waals surface area contributed by atoms with Crippen LogP contribution in [0.2, 0.25) is 10.0 Å². The number of nitrogens with one attached hydrogen (secondary N) is 1. The minimum atomic E-state index is -0.629. The molecule has 2 rings (SSSR count). The van der Waals surface area contributed by atoms with Crippen LogP contribution in [-0.2, 0) is 6.54 Å². The topological polar surface area (TPSA) is 42.7 Å². The van der Waals surface area contributed by atoms with Gasteiger partial charge in [0.05, 0.1) is 27.6 Å². The number of nitrogens with zero attached hydrogens (tertiary/aromatic N) is 3. The van der Waals surface area contributed by atoms with Gasteiger partial charge in [-0.15, -0.1) is 5.10 Å². The molecule has 0 aliphatic heterocycles. The summed E-state index contributed by atoms with van der Waals surface area (Å²) in [6.45, 7) is 5.79. The molecule has 108 valence electrons. The fourth-order valence-corrected chi connectivity index (χ4v) is 2.14. The van der Waals surface area contributed by atoms with Crippen molar-refractivity contribution < 1.29 is 4.39 Å². The molecule has 1 N–H and O–H groups in total. The van der Waals surface area contributed by atoms with Crippen LogP contribution < -0.4 is 5.32 Å². The standard InChI is InChI=1S/C13H15Cl2FN4/c1-8(2)5-17-6-9-7-20(19-18-9)10-3-11(14)13(16)12(15)4-10/h3-4,7-8,17H,5-6H2,1-2H3. The van der Waals surface area contributed by atoms with Crippen LogP contribution in [0.4, 0.5) is 4.39 Å². The van der Waals surface area contributed by atoms with Crippen molar-refractivity contribution in [3.05, 3.63) is 39.9 Å². The van der Waals surface area contributed by atoms with Gasteiger partial charge < -0.3 is 5.32 Å². The summed E-state index contributed by atoms with van der Waals surface area (Å²) in [4.78, 5) is 0. The molecule has 1 aromatic heterocycles. The van der Waals surface area contributed by atoms with Gasteiger partial charge in [0, 0.05) is 6.54 Å². The molecule has 0 aliphatic rings. The van der Waals surface area contributed by atoms with Crippen LogP contribution in [0.3, 0.4) is 0 Å². The lowest BCUT2D eigenvalue weighted by molar-refractivity contribution is 0.548. The first kappa shape index (κ1) is 15.2. The molecule has 20 heavy (non-hydrogen) atoms. The number of halogens is 3. The predicted octanol–water partition coefficient (Wildman–Crippen LogP) is 3.46. The van der Waals surface area contributed by atoms with Gasteiger partial charge in [-0.1, -0.05) is 42.3 Å². The average molecular weight is 317 g/mol. The van der Waals surface area contributed by atoms with E-state index in [9.17, 15) is 4.39 Å². The zero-order valence-electron chi connectivity index (χ0n) is 11.2. The van der Waals surface area contributed by atoms with Crippen molar-refractivity contribution in [2.75, 3.05) is 6.54 Å². The average Bonchev–Trinajstić information content (AvgIpc) is 2.83. The third-order valence-electron chi connectivity index (χ3n) is 2.63. The van der Waals surface area contributed by atoms with E-state index in [0.29, 0.717) is 18.2 Å². The van der Waals surface area contributed by atoms with Crippen LogP contribution in [0.25, 0.3) is 5.69 Å². The van der Waals surface area contributed by atoms with Crippen molar-refractivity contribution in [2.24, 2.45) is 5.92 Å². The van der Waals surface area contributed by atoms with E-state index in [1.807, 2.05) is 0 Å². The number of benzene rings is 1. The van der Waals surface area contributed by atoms with Crippen molar-refractivity contribution in [1.29, 1.82) is 0 Å². The third-order valence-corrected chi connectivity index (χ3v) is 3.18. The molecule has 0 saturated carbocycles. The Bertz CT molecular complexity index is 575. The number of rotatable bonds is 5. The summed E-state index contributed by atoms with van der Waals surface area (Å²) in [6, 6.07) is 2.92. The maximum Gasteiger partial charge on any atom is 0.160 e. The Balaban J connectivity index is 2.12. The van der Waals surface area contributed by atoms with E-state index in [-0.39, 0.29) is 10.0 Å². The Morgan fingerprint density at radius 1 is 1.30 bits per heavy atom. The van der Waals surface area contributed by atoms with Crippen molar-refractivity contribution in [3.63, 3.8) is 0 Å². The first-order valence-corrected chi connectivity index (χ1v) is 7.00. The molecule has 0 saturated heterocycles. The Morgan fingerprint density at radius 2 is 1.95 bits per heavy atom. The Labute approximate surface area is 126 Å². The maximum absolute atomic E-state index is 13.4. The van der Waals surface area contributed by atoms with Crippen LogP contribution in [-0.4, -0.2) is 21.5 Å². The Morgan fingerprint density at radius 3 is 2.55 bits per heavy atom. The van der Waals surface area contributed by atoms with E-state index in [2.05, 4.69) is 29.5 Å². The fourth-order valence-electron chi connectivity index (χ4n) is 1.67. The van der Waals surface area contributed by atoms with Gasteiger partial charge in [0.1, 0.15) is 0 Å². The van der Waals surface area contributed by atoms with Gasteiger partial charge in [-0.3, -0.25) is 0 Å². The van der Waals surface area contributed by atoms with Crippen molar-refractivity contribution >= 4 is 23.2 Å². The lowest BCUT2D eigenvalue weighted by Crippen LogP contribution is -2.19. The highest BCUT2D eigenvalue weighted by molar-refractivity contribution is 6.35. The highest BCUT2D eigenvalue weighted by atomic mass is 35.5. The molecule has 4 nitrogen and oxygen atoms in total. The minimum absolute atomic E-state index is 0.0394. The molecule has 0 atom stereocenters. The first-order chi connectivity index (χ1) is 9.47. The summed E-state index contributed by atoms with van der Waals surface area (Å²) >= 11 is 11.5. The second kappa shape index (κ2) is 6.52. The molecule has 1 aromatic carbocycles. The summed E-state index contributed by atoms with van der Waals surface area (Å²) in [5, 5.41) is 11.2. The lowest BCUT2D eigenvalue weighted by Gasteiger charge is -2.05. The summed E-state index contributed by atoms with van der Waals surface area (Å²) < 4.78 is 14.9. The molecule has 7 heteroatoms. The van der Waals surface area contributed by atoms with Crippen LogP contribution in [0.5, 0.6) is 0 Å². The normalized spacial score (nSPS) is 11.3. The van der Waals surface area contributed by atoms with E-state index in [0.717, 1.165) is 12.2 Å². The SMILES string of the molecule is CC(C)CNCc1cn(-c2cc(Cl)c(F)c(Cl)c2)nn1. The van der Waals surface area contributed by atoms with Crippen molar-refractivity contribution in [3.8, 4) is 5.69 Å². The summed E-state index contributed by atoms with van der Waals surface area (Å²) in [7, 11) is 0. The van der Waals surface area contributed by atoms with Gasteiger partial charge in [-0.25, -0.2) is 9.07 Å². The van der Waals surface area contributed by atoms with Gasteiger partial charge in [-0.2, -0.15) is 0 Å². The van der Waals surface area contributed by atoms with Crippen LogP contribution in [0.1, 0.15) is 19.5 Å². The van der Waals surface area contributed by atoms with Gasteiger partial charge in [0.25, 0.3) is 0 Å². The van der Waals surface area contributed by atoms with E-state index in [4.69, 9.17) is 23.2 Å². The minimum Gasteiger partial charge on any atom is -0.311 e. The zero-order chi connectivity index (χ0) is 14.7. The largest absolute Gasteiger partial charge is 0.311 e. The number of aromatic nitrogens is 3. The zero-order valence-corrected chi connectivity index (χ0v) is 12.7. The Kier molecular flexibility index (Phi) is 4.96. The van der Waals surface area contributed by atoms with Crippen LogP contribution >= 0.6 is 23.2 Å². The van der Waals surface area contributed by atoms with Crippen LogP contribution in [0.15, 0.2) is 18.3 Å². The second-order valence-electron chi connectivity index (χ2n) is 4.90. The highest BCUT2D eigenvalue weighted by Crippen LogP contribution is 2.26. The van der Waals surface area contributed by atoms with Gasteiger partial charge in [0.15, 0.2) is 5.82 Å². The van der Waals surface area contributed by atoms with Crippen molar-refractivity contribution in [1.82, 2.24) is 20.3 Å². The van der Waals surface area contributed by atoms with Gasteiger partial charge in [-0.05, 0) is 24.6 Å². The summed E-state index contributed by atoms with van der Waals surface area (Å²) in [5.74, 6) is -0.0595. The molecular weight excluding hydrogens is 302 g/mol. The molecule has 0 aliphatic carbocycles. The van der Waals surface area contributed by atoms with Crippen molar-refractivity contribution in [2.45, 2.75) is 20.4 Å². The highest BCUT2D eigenvalue weighted by Gasteiger charge is 2.10. The van der Waals surface area contributed by atoms with E-state index < -0.39 is 5.82 Å². The van der Waals surface area contributed by atoms with E-state index in [1.165, 1.54) is 16.8 Å². The smallest absolute Gasteiger partial charge is 0.160 e. The monoisotopic (exact) mass is 316 g/mol. The first-order valence-electron chi connectivity index (χ1n) is 6.24. The number of hydrogen-bond acceptors (Lipinski definition) is 3. The molecular formula is C13H15Cl2FN4. The quantitative estimate of drug-likeness (QED) is 0.859. The lowest BCUT2D eigenvalue weighted by atomic mass is 10.2. The van der Waals surface area contributed by atoms with Gasteiger partial charge in [0.2, 0.25) is 0 Å². The fraction of sp³-hybridized carbons (Fsp3) is 0.385. The maximum atomic E-state index is 13.4. The molecule has 0 spiro atoms. The molecule has 0 amide bonds. The molecule has 0 bridgehead atoms. The van der Waals surface area contributed by atoms with E-state index >= 15 is 0 Å². The third kappa shape index (κ3) is 3.69. The number of hydrogen-bond donors (Lipinski definition) is 1. The Hall–Kier alpha value is -1.17. The van der Waals surface area contributed by atoms with Crippen LogP contribution in [0, 0.1) is 11.7 Å². The predicted molar refractivity (Wildman–Crippen MR) is 77.9 cm³/mol. The van der Waals surface area contributed by atoms with Gasteiger partial charge >= 0.3 is 0 Å². The molecule has 2 aromatic rings.